The van der Waals surface area contributed by atoms with Gasteiger partial charge in [-0.3, -0.25) is 0 Å². The molecule has 0 amide bonds. The molecule has 1 aromatic heterocycles. The molecule has 7 rings (SSSR count). The molecule has 0 saturated carbocycles. The molecule has 33 heavy (non-hydrogen) atoms. The van der Waals surface area contributed by atoms with Crippen molar-refractivity contribution in [2.24, 2.45) is 0 Å². The third kappa shape index (κ3) is 2.79. The minimum atomic E-state index is 0.910. The van der Waals surface area contributed by atoms with Crippen LogP contribution in [0.1, 0.15) is 0 Å². The third-order valence-corrected chi connectivity index (χ3v) is 6.62. The van der Waals surface area contributed by atoms with Crippen molar-refractivity contribution >= 4 is 43.3 Å². The Labute approximate surface area is 191 Å². The average molecular weight is 421 g/mol. The highest BCUT2D eigenvalue weighted by atomic mass is 16.3. The van der Waals surface area contributed by atoms with E-state index in [2.05, 4.69) is 121 Å². The van der Waals surface area contributed by atoms with E-state index in [1.165, 1.54) is 43.4 Å². The van der Waals surface area contributed by atoms with Gasteiger partial charge in [-0.2, -0.15) is 0 Å². The van der Waals surface area contributed by atoms with Gasteiger partial charge in [-0.15, -0.1) is 0 Å². The van der Waals surface area contributed by atoms with E-state index in [0.717, 1.165) is 22.3 Å². The molecule has 0 fully saturated rings. The van der Waals surface area contributed by atoms with Crippen LogP contribution in [0, 0.1) is 0 Å². The van der Waals surface area contributed by atoms with E-state index in [1.54, 1.807) is 0 Å². The van der Waals surface area contributed by atoms with Gasteiger partial charge in [0, 0.05) is 10.9 Å². The number of hydrogen-bond acceptors (Lipinski definition) is 1. The van der Waals surface area contributed by atoms with Crippen LogP contribution in [0.25, 0.3) is 65.7 Å². The Balaban J connectivity index is 1.61. The number of benzene rings is 6. The summed E-state index contributed by atoms with van der Waals surface area (Å²) in [4.78, 5) is 0. The first-order valence-corrected chi connectivity index (χ1v) is 11.3. The van der Waals surface area contributed by atoms with Crippen molar-refractivity contribution in [3.8, 4) is 22.5 Å². The molecule has 7 aromatic rings. The zero-order chi connectivity index (χ0) is 21.8. The molecule has 0 unspecified atom stereocenters. The van der Waals surface area contributed by atoms with Gasteiger partial charge in [-0.25, -0.2) is 0 Å². The van der Waals surface area contributed by atoms with Gasteiger partial charge < -0.3 is 4.42 Å². The molecular weight excluding hydrogens is 400 g/mol. The van der Waals surface area contributed by atoms with Crippen molar-refractivity contribution in [1.82, 2.24) is 0 Å². The monoisotopic (exact) mass is 420 g/mol. The lowest BCUT2D eigenvalue weighted by Crippen LogP contribution is -1.89. The van der Waals surface area contributed by atoms with E-state index in [4.69, 9.17) is 4.42 Å². The third-order valence-electron chi connectivity index (χ3n) is 6.62. The number of hydrogen-bond donors (Lipinski definition) is 0. The Morgan fingerprint density at radius 3 is 1.55 bits per heavy atom. The molecule has 0 atom stereocenters. The predicted molar refractivity (Wildman–Crippen MR) is 140 cm³/mol. The van der Waals surface area contributed by atoms with E-state index in [-0.39, 0.29) is 0 Å². The van der Waals surface area contributed by atoms with Crippen molar-refractivity contribution in [3.05, 3.63) is 121 Å². The van der Waals surface area contributed by atoms with Crippen LogP contribution in [0.4, 0.5) is 0 Å². The van der Waals surface area contributed by atoms with E-state index < -0.39 is 0 Å². The topological polar surface area (TPSA) is 13.1 Å². The maximum atomic E-state index is 6.52. The molecule has 0 saturated heterocycles. The second kappa shape index (κ2) is 7.08. The summed E-state index contributed by atoms with van der Waals surface area (Å²) in [5.74, 6) is 0.910. The highest BCUT2D eigenvalue weighted by molar-refractivity contribution is 6.21. The van der Waals surface area contributed by atoms with Gasteiger partial charge in [0.15, 0.2) is 0 Å². The first-order chi connectivity index (χ1) is 16.4. The number of rotatable bonds is 2. The van der Waals surface area contributed by atoms with Gasteiger partial charge >= 0.3 is 0 Å². The van der Waals surface area contributed by atoms with Crippen molar-refractivity contribution in [3.63, 3.8) is 0 Å². The summed E-state index contributed by atoms with van der Waals surface area (Å²) in [7, 11) is 0. The molecule has 1 heteroatoms. The summed E-state index contributed by atoms with van der Waals surface area (Å²) in [6.07, 6.45) is 0. The van der Waals surface area contributed by atoms with Gasteiger partial charge in [-0.05, 0) is 61.6 Å². The van der Waals surface area contributed by atoms with Crippen molar-refractivity contribution in [1.29, 1.82) is 0 Å². The SMILES string of the molecule is c1ccc(-c2c3ccccc3c(-c3cc4cc5ccccc5cc4o3)c3ccccc23)cc1. The minimum absolute atomic E-state index is 0.910. The molecule has 0 aliphatic heterocycles. The minimum Gasteiger partial charge on any atom is -0.456 e. The number of furan rings is 1. The van der Waals surface area contributed by atoms with Crippen LogP contribution in [-0.4, -0.2) is 0 Å². The quantitative estimate of drug-likeness (QED) is 0.254. The standard InChI is InChI=1S/C32H20O/c1-2-10-21(11-3-1)31-25-14-6-8-16-27(25)32(28-17-9-7-15-26(28)31)30-20-24-18-22-12-4-5-13-23(22)19-29(24)33-30/h1-20H. The summed E-state index contributed by atoms with van der Waals surface area (Å²) in [6.45, 7) is 0. The Kier molecular flexibility index (Phi) is 3.91. The summed E-state index contributed by atoms with van der Waals surface area (Å²) in [6, 6.07) is 43.0. The van der Waals surface area contributed by atoms with E-state index in [9.17, 15) is 0 Å². The van der Waals surface area contributed by atoms with Gasteiger partial charge in [0.2, 0.25) is 0 Å². The summed E-state index contributed by atoms with van der Waals surface area (Å²) < 4.78 is 6.52. The van der Waals surface area contributed by atoms with E-state index >= 15 is 0 Å². The lowest BCUT2D eigenvalue weighted by molar-refractivity contribution is 0.633. The fourth-order valence-electron chi connectivity index (χ4n) is 5.16. The Morgan fingerprint density at radius 2 is 0.909 bits per heavy atom. The fraction of sp³-hybridized carbons (Fsp3) is 0. The van der Waals surface area contributed by atoms with Gasteiger partial charge in [0.25, 0.3) is 0 Å². The molecule has 0 aliphatic rings. The van der Waals surface area contributed by atoms with Crippen molar-refractivity contribution in [2.45, 2.75) is 0 Å². The Hall–Kier alpha value is -4.36. The van der Waals surface area contributed by atoms with E-state index in [0.29, 0.717) is 0 Å². The van der Waals surface area contributed by atoms with Crippen LogP contribution in [0.5, 0.6) is 0 Å². The molecule has 1 nitrogen and oxygen atoms in total. The number of fused-ring (bicyclic) bond motifs is 4. The van der Waals surface area contributed by atoms with Gasteiger partial charge in [0.1, 0.15) is 11.3 Å². The van der Waals surface area contributed by atoms with Crippen LogP contribution >= 0.6 is 0 Å². The van der Waals surface area contributed by atoms with E-state index in [1.807, 2.05) is 0 Å². The smallest absolute Gasteiger partial charge is 0.136 e. The second-order valence-corrected chi connectivity index (χ2v) is 8.56. The van der Waals surface area contributed by atoms with Crippen LogP contribution in [-0.2, 0) is 0 Å². The molecular formula is C32H20O. The molecule has 0 radical (unpaired) electrons. The largest absolute Gasteiger partial charge is 0.456 e. The van der Waals surface area contributed by atoms with Crippen LogP contribution in [0.15, 0.2) is 126 Å². The normalized spacial score (nSPS) is 11.6. The second-order valence-electron chi connectivity index (χ2n) is 8.56. The predicted octanol–water partition coefficient (Wildman–Crippen LogP) is 9.23. The molecule has 154 valence electrons. The summed E-state index contributed by atoms with van der Waals surface area (Å²) >= 11 is 0. The maximum Gasteiger partial charge on any atom is 0.136 e. The molecule has 0 aliphatic carbocycles. The van der Waals surface area contributed by atoms with Crippen LogP contribution in [0.3, 0.4) is 0 Å². The highest BCUT2D eigenvalue weighted by Gasteiger charge is 2.18. The maximum absolute atomic E-state index is 6.52. The van der Waals surface area contributed by atoms with Gasteiger partial charge in [0.05, 0.1) is 0 Å². The average Bonchev–Trinajstić information content (AvgIpc) is 3.28. The zero-order valence-electron chi connectivity index (χ0n) is 18.0. The molecule has 0 N–H and O–H groups in total. The fourth-order valence-corrected chi connectivity index (χ4v) is 5.16. The molecule has 0 spiro atoms. The Bertz CT molecular complexity index is 1700. The molecule has 1 heterocycles. The van der Waals surface area contributed by atoms with Crippen LogP contribution < -0.4 is 0 Å². The highest BCUT2D eigenvalue weighted by Crippen LogP contribution is 2.44. The Morgan fingerprint density at radius 1 is 0.394 bits per heavy atom. The first-order valence-electron chi connectivity index (χ1n) is 11.3. The lowest BCUT2D eigenvalue weighted by Gasteiger charge is -2.16. The van der Waals surface area contributed by atoms with Crippen molar-refractivity contribution < 1.29 is 4.42 Å². The van der Waals surface area contributed by atoms with Crippen LogP contribution in [0.2, 0.25) is 0 Å². The van der Waals surface area contributed by atoms with Gasteiger partial charge in [-0.1, -0.05) is 103 Å². The molecule has 0 bridgehead atoms. The summed E-state index contributed by atoms with van der Waals surface area (Å²) in [5, 5.41) is 8.44. The summed E-state index contributed by atoms with van der Waals surface area (Å²) in [5.41, 5.74) is 4.57. The lowest BCUT2D eigenvalue weighted by atomic mass is 9.87. The zero-order valence-corrected chi connectivity index (χ0v) is 18.0. The first kappa shape index (κ1) is 18.2. The molecule has 6 aromatic carbocycles. The van der Waals surface area contributed by atoms with Crippen molar-refractivity contribution in [2.75, 3.05) is 0 Å².